The number of halogens is 1. The maximum Gasteiger partial charge on any atom is 0.0479 e. The number of nitrogens with two attached hydrogens (primary N) is 1. The summed E-state index contributed by atoms with van der Waals surface area (Å²) in [5.74, 6) is 0. The molecule has 4 N–H and O–H groups in total. The molecule has 0 heterocycles. The van der Waals surface area contributed by atoms with E-state index >= 15 is 0 Å². The van der Waals surface area contributed by atoms with Crippen molar-refractivity contribution in [2.24, 2.45) is 0 Å². The van der Waals surface area contributed by atoms with Crippen LogP contribution in [0.1, 0.15) is 19.8 Å². The molecule has 0 aliphatic heterocycles. The predicted octanol–water partition coefficient (Wildman–Crippen LogP) is 2.45. The number of anilines is 2. The minimum Gasteiger partial charge on any atom is -0.399 e. The molecule has 0 aliphatic rings. The van der Waals surface area contributed by atoms with Gasteiger partial charge in [0.2, 0.25) is 0 Å². The van der Waals surface area contributed by atoms with Crippen molar-refractivity contribution in [2.45, 2.75) is 25.8 Å². The third-order valence-corrected chi connectivity index (χ3v) is 3.08. The summed E-state index contributed by atoms with van der Waals surface area (Å²) < 4.78 is 1.13. The zero-order chi connectivity index (χ0) is 11.3. The van der Waals surface area contributed by atoms with Crippen LogP contribution in [0, 0.1) is 3.57 Å². The molecule has 0 bridgehead atoms. The monoisotopic (exact) mass is 320 g/mol. The summed E-state index contributed by atoms with van der Waals surface area (Å²) in [6.45, 7) is 2.37. The van der Waals surface area contributed by atoms with Crippen molar-refractivity contribution in [1.29, 1.82) is 0 Å². The van der Waals surface area contributed by atoms with E-state index in [1.54, 1.807) is 0 Å². The van der Waals surface area contributed by atoms with Crippen molar-refractivity contribution in [3.05, 3.63) is 21.8 Å². The predicted molar refractivity (Wildman–Crippen MR) is 73.0 cm³/mol. The number of aliphatic hydroxyl groups is 1. The fourth-order valence-corrected chi connectivity index (χ4v) is 2.08. The van der Waals surface area contributed by atoms with Crippen LogP contribution in [0.3, 0.4) is 0 Å². The highest BCUT2D eigenvalue weighted by Gasteiger charge is 2.04. The van der Waals surface area contributed by atoms with Crippen molar-refractivity contribution in [3.63, 3.8) is 0 Å². The average molecular weight is 320 g/mol. The maximum atomic E-state index is 8.73. The van der Waals surface area contributed by atoms with Gasteiger partial charge in [-0.05, 0) is 60.6 Å². The Hall–Kier alpha value is -0.490. The van der Waals surface area contributed by atoms with Crippen molar-refractivity contribution >= 4 is 34.0 Å². The number of aliphatic hydroxyl groups excluding tert-OH is 1. The molecule has 1 aromatic carbocycles. The number of nitrogens with one attached hydrogen (secondary N) is 1. The summed E-state index contributed by atoms with van der Waals surface area (Å²) in [5.41, 5.74) is 7.56. The van der Waals surface area contributed by atoms with Gasteiger partial charge >= 0.3 is 0 Å². The van der Waals surface area contributed by atoms with Crippen LogP contribution < -0.4 is 11.1 Å². The first kappa shape index (κ1) is 12.6. The molecule has 84 valence electrons. The lowest BCUT2D eigenvalue weighted by Gasteiger charge is -2.16. The molecule has 1 atom stereocenters. The lowest BCUT2D eigenvalue weighted by molar-refractivity contribution is 0.282. The second-order valence-electron chi connectivity index (χ2n) is 3.65. The molecule has 0 radical (unpaired) electrons. The Bertz CT molecular complexity index is 317. The SMILES string of the molecule is CC(CCCO)Nc1ccc(N)cc1I. The third-order valence-electron chi connectivity index (χ3n) is 2.19. The van der Waals surface area contributed by atoms with Crippen LogP contribution in [0.25, 0.3) is 0 Å². The van der Waals surface area contributed by atoms with Crippen molar-refractivity contribution in [2.75, 3.05) is 17.7 Å². The van der Waals surface area contributed by atoms with Gasteiger partial charge in [0.05, 0.1) is 0 Å². The molecule has 0 spiro atoms. The first-order chi connectivity index (χ1) is 7.13. The normalized spacial score (nSPS) is 12.5. The van der Waals surface area contributed by atoms with Gasteiger partial charge in [-0.2, -0.15) is 0 Å². The highest BCUT2D eigenvalue weighted by Crippen LogP contribution is 2.21. The van der Waals surface area contributed by atoms with Gasteiger partial charge in [-0.1, -0.05) is 0 Å². The summed E-state index contributed by atoms with van der Waals surface area (Å²) in [4.78, 5) is 0. The Morgan fingerprint density at radius 1 is 1.53 bits per heavy atom. The molecule has 0 fully saturated rings. The van der Waals surface area contributed by atoms with E-state index in [0.29, 0.717) is 6.04 Å². The van der Waals surface area contributed by atoms with Gasteiger partial charge in [-0.25, -0.2) is 0 Å². The van der Waals surface area contributed by atoms with Gasteiger partial charge in [0.1, 0.15) is 0 Å². The molecule has 1 aromatic rings. The number of hydrogen-bond acceptors (Lipinski definition) is 3. The van der Waals surface area contributed by atoms with E-state index in [4.69, 9.17) is 10.8 Å². The molecule has 0 amide bonds. The first-order valence-electron chi connectivity index (χ1n) is 5.06. The summed E-state index contributed by atoms with van der Waals surface area (Å²) in [6, 6.07) is 6.20. The summed E-state index contributed by atoms with van der Waals surface area (Å²) >= 11 is 2.27. The van der Waals surface area contributed by atoms with Crippen molar-refractivity contribution < 1.29 is 5.11 Å². The van der Waals surface area contributed by atoms with Crippen LogP contribution >= 0.6 is 22.6 Å². The van der Waals surface area contributed by atoms with Crippen molar-refractivity contribution in [1.82, 2.24) is 0 Å². The van der Waals surface area contributed by atoms with Crippen LogP contribution in [-0.4, -0.2) is 17.8 Å². The van der Waals surface area contributed by atoms with Crippen molar-refractivity contribution in [3.8, 4) is 0 Å². The molecule has 4 heteroatoms. The Morgan fingerprint density at radius 2 is 2.27 bits per heavy atom. The smallest absolute Gasteiger partial charge is 0.0479 e. The molecule has 1 unspecified atom stereocenters. The van der Waals surface area contributed by atoms with E-state index in [-0.39, 0.29) is 6.61 Å². The zero-order valence-electron chi connectivity index (χ0n) is 8.83. The maximum absolute atomic E-state index is 8.73. The molecule has 1 rings (SSSR count). The molecular formula is C11H17IN2O. The highest BCUT2D eigenvalue weighted by molar-refractivity contribution is 14.1. The van der Waals surface area contributed by atoms with E-state index in [2.05, 4.69) is 34.8 Å². The number of rotatable bonds is 5. The number of nitrogen functional groups attached to an aromatic ring is 1. The van der Waals surface area contributed by atoms with E-state index in [1.165, 1.54) is 0 Å². The van der Waals surface area contributed by atoms with Gasteiger partial charge in [-0.15, -0.1) is 0 Å². The minimum atomic E-state index is 0.255. The summed E-state index contributed by atoms with van der Waals surface area (Å²) in [7, 11) is 0. The second-order valence-corrected chi connectivity index (χ2v) is 4.81. The number of benzene rings is 1. The van der Waals surface area contributed by atoms with Crippen LogP contribution in [0.5, 0.6) is 0 Å². The number of hydrogen-bond donors (Lipinski definition) is 3. The van der Waals surface area contributed by atoms with Crippen LogP contribution in [-0.2, 0) is 0 Å². The lowest BCUT2D eigenvalue weighted by atomic mass is 10.2. The van der Waals surface area contributed by atoms with E-state index in [1.807, 2.05) is 18.2 Å². The van der Waals surface area contributed by atoms with Gasteiger partial charge in [0, 0.05) is 27.6 Å². The Kier molecular flexibility index (Phi) is 5.17. The quantitative estimate of drug-likeness (QED) is 0.577. The Morgan fingerprint density at radius 3 is 2.87 bits per heavy atom. The Balaban J connectivity index is 2.56. The first-order valence-corrected chi connectivity index (χ1v) is 6.13. The fourth-order valence-electron chi connectivity index (χ4n) is 1.38. The molecule has 0 saturated heterocycles. The van der Waals surface area contributed by atoms with Gasteiger partial charge in [-0.3, -0.25) is 0 Å². The molecule has 3 nitrogen and oxygen atoms in total. The van der Waals surface area contributed by atoms with Crippen LogP contribution in [0.4, 0.5) is 11.4 Å². The van der Waals surface area contributed by atoms with Gasteiger partial charge in [0.15, 0.2) is 0 Å². The lowest BCUT2D eigenvalue weighted by Crippen LogP contribution is -2.16. The minimum absolute atomic E-state index is 0.255. The summed E-state index contributed by atoms with van der Waals surface area (Å²) in [5, 5.41) is 12.1. The largest absolute Gasteiger partial charge is 0.399 e. The highest BCUT2D eigenvalue weighted by atomic mass is 127. The zero-order valence-corrected chi connectivity index (χ0v) is 11.0. The molecular weight excluding hydrogens is 303 g/mol. The fraction of sp³-hybridized carbons (Fsp3) is 0.455. The van der Waals surface area contributed by atoms with E-state index < -0.39 is 0 Å². The molecule has 15 heavy (non-hydrogen) atoms. The van der Waals surface area contributed by atoms with Crippen LogP contribution in [0.2, 0.25) is 0 Å². The molecule has 0 aromatic heterocycles. The topological polar surface area (TPSA) is 58.3 Å². The van der Waals surface area contributed by atoms with Gasteiger partial charge in [0.25, 0.3) is 0 Å². The summed E-state index contributed by atoms with van der Waals surface area (Å²) in [6.07, 6.45) is 1.80. The van der Waals surface area contributed by atoms with Gasteiger partial charge < -0.3 is 16.2 Å². The second kappa shape index (κ2) is 6.17. The average Bonchev–Trinajstić information content (AvgIpc) is 2.19. The Labute approximate surface area is 104 Å². The van der Waals surface area contributed by atoms with E-state index in [9.17, 15) is 0 Å². The van der Waals surface area contributed by atoms with Crippen LogP contribution in [0.15, 0.2) is 18.2 Å². The van der Waals surface area contributed by atoms with E-state index in [0.717, 1.165) is 27.8 Å². The standard InChI is InChI=1S/C11H17IN2O/c1-8(3-2-6-15)14-11-5-4-9(13)7-10(11)12/h4-5,7-8,14-15H,2-3,6,13H2,1H3. The third kappa shape index (κ3) is 4.25. The molecule has 0 aliphatic carbocycles. The molecule has 0 saturated carbocycles.